The minimum Gasteiger partial charge on any atom is -0.459 e. The van der Waals surface area contributed by atoms with Crippen molar-refractivity contribution in [2.75, 3.05) is 5.73 Å². The number of rotatable bonds is 3. The summed E-state index contributed by atoms with van der Waals surface area (Å²) in [5.41, 5.74) is 12.5. The van der Waals surface area contributed by atoms with Crippen LogP contribution in [0.2, 0.25) is 0 Å². The number of hydrogen-bond acceptors (Lipinski definition) is 5. The number of esters is 1. The second kappa shape index (κ2) is 7.69. The first-order valence-corrected chi connectivity index (χ1v) is 10.9. The predicted molar refractivity (Wildman–Crippen MR) is 123 cm³/mol. The van der Waals surface area contributed by atoms with E-state index in [4.69, 9.17) is 20.4 Å². The second-order valence-corrected chi connectivity index (χ2v) is 8.49. The van der Waals surface area contributed by atoms with Crippen molar-refractivity contribution in [2.45, 2.75) is 52.1 Å². The van der Waals surface area contributed by atoms with Crippen LogP contribution in [-0.2, 0) is 4.74 Å². The molecule has 6 nitrogen and oxygen atoms in total. The fraction of sp³-hybridized carbons (Fsp3) is 0.320. The molecule has 2 aromatic heterocycles. The molecule has 0 spiro atoms. The maximum atomic E-state index is 13.3. The molecule has 158 valence electrons. The Bertz CT molecular complexity index is 1280. The average molecular weight is 415 g/mol. The van der Waals surface area contributed by atoms with Crippen molar-refractivity contribution in [2.24, 2.45) is 0 Å². The Morgan fingerprint density at radius 1 is 1.00 bits per heavy atom. The van der Waals surface area contributed by atoms with Gasteiger partial charge in [0.05, 0.1) is 11.0 Å². The number of ether oxygens (including phenoxy) is 1. The number of nitrogen functional groups attached to an aromatic ring is 1. The topological polar surface area (TPSA) is 83.0 Å². The van der Waals surface area contributed by atoms with E-state index in [0.29, 0.717) is 22.5 Å². The Balaban J connectivity index is 1.73. The van der Waals surface area contributed by atoms with Crippen LogP contribution in [0.25, 0.3) is 27.9 Å². The van der Waals surface area contributed by atoms with Gasteiger partial charge in [-0.25, -0.2) is 14.8 Å². The van der Waals surface area contributed by atoms with Crippen LogP contribution in [-0.4, -0.2) is 26.6 Å². The first kappa shape index (κ1) is 19.5. The lowest BCUT2D eigenvalue weighted by molar-refractivity contribution is 0.0214. The fourth-order valence-corrected chi connectivity index (χ4v) is 4.60. The molecule has 5 rings (SSSR count). The number of aromatic nitrogens is 3. The summed E-state index contributed by atoms with van der Waals surface area (Å²) < 4.78 is 7.70. The molecule has 2 aromatic carbocycles. The number of nitrogens with two attached hydrogens (primary N) is 1. The van der Waals surface area contributed by atoms with E-state index in [9.17, 15) is 4.79 Å². The van der Waals surface area contributed by atoms with Crippen LogP contribution in [0.4, 0.5) is 5.82 Å². The van der Waals surface area contributed by atoms with E-state index in [1.807, 2.05) is 54.8 Å². The van der Waals surface area contributed by atoms with Gasteiger partial charge in [0, 0.05) is 5.69 Å². The Labute approximate surface area is 181 Å². The first-order chi connectivity index (χ1) is 15.0. The van der Waals surface area contributed by atoms with Gasteiger partial charge in [0.1, 0.15) is 23.0 Å². The predicted octanol–water partition coefficient (Wildman–Crippen LogP) is 5.26. The number of nitrogens with zero attached hydrogens (tertiary/aromatic N) is 3. The molecule has 31 heavy (non-hydrogen) atoms. The molecule has 0 aliphatic heterocycles. The van der Waals surface area contributed by atoms with Crippen LogP contribution < -0.4 is 5.73 Å². The van der Waals surface area contributed by atoms with Gasteiger partial charge in [-0.1, -0.05) is 24.6 Å². The lowest BCUT2D eigenvalue weighted by atomic mass is 9.98. The molecule has 0 atom stereocenters. The molecule has 2 heterocycles. The molecule has 0 bridgehead atoms. The van der Waals surface area contributed by atoms with Crippen molar-refractivity contribution in [3.8, 4) is 5.69 Å². The minimum absolute atomic E-state index is 0.0614. The second-order valence-electron chi connectivity index (χ2n) is 8.49. The van der Waals surface area contributed by atoms with Crippen LogP contribution in [0.1, 0.15) is 53.6 Å². The highest BCUT2D eigenvalue weighted by molar-refractivity contribution is 6.09. The summed E-state index contributed by atoms with van der Waals surface area (Å²) in [6.07, 6.45) is 5.10. The molecule has 1 saturated carbocycles. The Morgan fingerprint density at radius 3 is 2.32 bits per heavy atom. The van der Waals surface area contributed by atoms with Crippen LogP contribution >= 0.6 is 0 Å². The van der Waals surface area contributed by atoms with Crippen molar-refractivity contribution in [1.82, 2.24) is 14.5 Å². The van der Waals surface area contributed by atoms with E-state index in [0.717, 1.165) is 53.5 Å². The number of fused-ring (bicyclic) bond motifs is 2. The largest absolute Gasteiger partial charge is 0.459 e. The standard InChI is InChI=1S/C25H26N4O2/c1-15-12-16(2)14-17(13-15)29-23(26)21(25(30)31-18-8-4-3-5-9-18)22-24(29)28-20-11-7-6-10-19(20)27-22/h6-7,10-14,18H,3-5,8-9,26H2,1-2H3. The lowest BCUT2D eigenvalue weighted by Gasteiger charge is -2.21. The maximum Gasteiger partial charge on any atom is 0.344 e. The summed E-state index contributed by atoms with van der Waals surface area (Å²) in [6, 6.07) is 13.8. The molecule has 6 heteroatoms. The SMILES string of the molecule is Cc1cc(C)cc(-n2c(N)c(C(=O)OC3CCCCC3)c3nc4ccccc4nc32)c1. The van der Waals surface area contributed by atoms with E-state index in [2.05, 4.69) is 6.07 Å². The third-order valence-corrected chi connectivity index (χ3v) is 5.99. The quantitative estimate of drug-likeness (QED) is 0.462. The van der Waals surface area contributed by atoms with E-state index >= 15 is 0 Å². The molecule has 0 radical (unpaired) electrons. The van der Waals surface area contributed by atoms with Gasteiger partial charge in [-0.15, -0.1) is 0 Å². The Kier molecular flexibility index (Phi) is 4.85. The number of aryl methyl sites for hydroxylation is 2. The zero-order valence-electron chi connectivity index (χ0n) is 17.9. The van der Waals surface area contributed by atoms with Crippen molar-refractivity contribution in [3.63, 3.8) is 0 Å². The minimum atomic E-state index is -0.415. The van der Waals surface area contributed by atoms with Crippen LogP contribution in [0.5, 0.6) is 0 Å². The third-order valence-electron chi connectivity index (χ3n) is 5.99. The molecule has 0 unspecified atom stereocenters. The van der Waals surface area contributed by atoms with E-state index in [1.165, 1.54) is 6.42 Å². The number of hydrogen-bond donors (Lipinski definition) is 1. The number of anilines is 1. The highest BCUT2D eigenvalue weighted by atomic mass is 16.5. The van der Waals surface area contributed by atoms with E-state index in [-0.39, 0.29) is 6.10 Å². The molecule has 2 N–H and O–H groups in total. The number of carbonyl (C=O) groups excluding carboxylic acids is 1. The van der Waals surface area contributed by atoms with Gasteiger partial charge in [0.2, 0.25) is 0 Å². The molecule has 4 aromatic rings. The summed E-state index contributed by atoms with van der Waals surface area (Å²) in [6.45, 7) is 4.08. The van der Waals surface area contributed by atoms with Crippen molar-refractivity contribution >= 4 is 34.0 Å². The van der Waals surface area contributed by atoms with Crippen molar-refractivity contribution < 1.29 is 9.53 Å². The number of para-hydroxylation sites is 2. The molecule has 0 amide bonds. The van der Waals surface area contributed by atoms with Crippen molar-refractivity contribution in [3.05, 3.63) is 59.2 Å². The van der Waals surface area contributed by atoms with E-state index < -0.39 is 5.97 Å². The fourth-order valence-electron chi connectivity index (χ4n) is 4.60. The maximum absolute atomic E-state index is 13.3. The summed E-state index contributed by atoms with van der Waals surface area (Å²) in [5.74, 6) is -0.0989. The summed E-state index contributed by atoms with van der Waals surface area (Å²) >= 11 is 0. The summed E-state index contributed by atoms with van der Waals surface area (Å²) in [7, 11) is 0. The molecule has 1 aliphatic carbocycles. The van der Waals surface area contributed by atoms with E-state index in [1.54, 1.807) is 0 Å². The van der Waals surface area contributed by atoms with Gasteiger partial charge >= 0.3 is 5.97 Å². The normalized spacial score (nSPS) is 14.9. The first-order valence-electron chi connectivity index (χ1n) is 10.9. The monoisotopic (exact) mass is 414 g/mol. The highest BCUT2D eigenvalue weighted by Crippen LogP contribution is 2.33. The van der Waals surface area contributed by atoms with Gasteiger partial charge in [-0.2, -0.15) is 0 Å². The van der Waals surface area contributed by atoms with Gasteiger partial charge in [-0.3, -0.25) is 4.57 Å². The van der Waals surface area contributed by atoms with Gasteiger partial charge in [0.15, 0.2) is 5.65 Å². The van der Waals surface area contributed by atoms with Gasteiger partial charge in [-0.05, 0) is 74.9 Å². The highest BCUT2D eigenvalue weighted by Gasteiger charge is 2.28. The number of carbonyl (C=O) groups is 1. The average Bonchev–Trinajstić information content (AvgIpc) is 3.02. The molecule has 1 fully saturated rings. The van der Waals surface area contributed by atoms with Crippen LogP contribution in [0, 0.1) is 13.8 Å². The number of benzene rings is 2. The molecular weight excluding hydrogens is 388 g/mol. The lowest BCUT2D eigenvalue weighted by Crippen LogP contribution is -2.21. The van der Waals surface area contributed by atoms with Crippen LogP contribution in [0.3, 0.4) is 0 Å². The third kappa shape index (κ3) is 3.52. The molecular formula is C25H26N4O2. The zero-order valence-corrected chi connectivity index (χ0v) is 17.9. The summed E-state index contributed by atoms with van der Waals surface area (Å²) in [5, 5.41) is 0. The van der Waals surface area contributed by atoms with Crippen molar-refractivity contribution in [1.29, 1.82) is 0 Å². The zero-order chi connectivity index (χ0) is 21.5. The molecule has 0 saturated heterocycles. The Hall–Kier alpha value is -3.41. The van der Waals surface area contributed by atoms with Crippen LogP contribution in [0.15, 0.2) is 42.5 Å². The smallest absolute Gasteiger partial charge is 0.344 e. The Morgan fingerprint density at radius 2 is 1.65 bits per heavy atom. The molecule has 1 aliphatic rings. The van der Waals surface area contributed by atoms with Gasteiger partial charge in [0.25, 0.3) is 0 Å². The summed E-state index contributed by atoms with van der Waals surface area (Å²) in [4.78, 5) is 22.9. The van der Waals surface area contributed by atoms with Gasteiger partial charge < -0.3 is 10.5 Å².